The van der Waals surface area contributed by atoms with Crippen LogP contribution < -0.4 is 11.1 Å². The van der Waals surface area contributed by atoms with Crippen LogP contribution in [0.3, 0.4) is 0 Å². The van der Waals surface area contributed by atoms with Gasteiger partial charge in [0.25, 0.3) is 0 Å². The van der Waals surface area contributed by atoms with E-state index in [1.165, 1.54) is 11.3 Å². The quantitative estimate of drug-likeness (QED) is 0.689. The first-order chi connectivity index (χ1) is 12.7. The van der Waals surface area contributed by atoms with Crippen molar-refractivity contribution in [3.05, 3.63) is 77.5 Å². The first kappa shape index (κ1) is 18.9. The van der Waals surface area contributed by atoms with E-state index in [1.807, 2.05) is 42.5 Å². The number of halogens is 1. The summed E-state index contributed by atoms with van der Waals surface area (Å²) in [6.07, 6.45) is 3.50. The number of fused-ring (bicyclic) bond motifs is 1. The van der Waals surface area contributed by atoms with E-state index in [1.54, 1.807) is 0 Å². The van der Waals surface area contributed by atoms with Crippen LogP contribution in [0.25, 0.3) is 11.3 Å². The molecule has 1 heterocycles. The van der Waals surface area contributed by atoms with E-state index in [0.717, 1.165) is 47.5 Å². The Labute approximate surface area is 165 Å². The lowest BCUT2D eigenvalue weighted by Crippen LogP contribution is -2.13. The van der Waals surface area contributed by atoms with E-state index in [2.05, 4.69) is 23.5 Å². The molecule has 1 aromatic heterocycles. The second-order valence-electron chi connectivity index (χ2n) is 6.66. The Hall–Kier alpha value is -2.85. The summed E-state index contributed by atoms with van der Waals surface area (Å²) in [5.41, 5.74) is 12.9. The number of nitrogens with one attached hydrogen (secondary N) is 1. The van der Waals surface area contributed by atoms with Crippen LogP contribution in [0.2, 0.25) is 0 Å². The van der Waals surface area contributed by atoms with Gasteiger partial charge in [0.1, 0.15) is 0 Å². The number of carbonyl (C=O) groups excluding carboxylic acids is 1. The van der Waals surface area contributed by atoms with E-state index in [0.29, 0.717) is 0 Å². The van der Waals surface area contributed by atoms with E-state index >= 15 is 0 Å². The van der Waals surface area contributed by atoms with Gasteiger partial charge in [-0.3, -0.25) is 9.78 Å². The Morgan fingerprint density at radius 1 is 1.04 bits per heavy atom. The number of rotatable bonds is 5. The van der Waals surface area contributed by atoms with Crippen molar-refractivity contribution in [3.63, 3.8) is 0 Å². The fourth-order valence-electron chi connectivity index (χ4n) is 3.47. The van der Waals surface area contributed by atoms with Crippen LogP contribution in [0, 0.1) is 0 Å². The number of aromatic nitrogens is 1. The van der Waals surface area contributed by atoms with Crippen molar-refractivity contribution in [3.8, 4) is 11.3 Å². The largest absolute Gasteiger partial charge is 0.369 e. The number of anilines is 2. The molecule has 5 heteroatoms. The number of primary amides is 1. The zero-order valence-electron chi connectivity index (χ0n) is 14.9. The van der Waals surface area contributed by atoms with Crippen LogP contribution in [0.5, 0.6) is 0 Å². The van der Waals surface area contributed by atoms with Crippen LogP contribution >= 0.6 is 12.4 Å². The third-order valence-corrected chi connectivity index (χ3v) is 4.73. The van der Waals surface area contributed by atoms with E-state index in [-0.39, 0.29) is 24.7 Å². The first-order valence-electron chi connectivity index (χ1n) is 8.91. The summed E-state index contributed by atoms with van der Waals surface area (Å²) in [4.78, 5) is 15.9. The van der Waals surface area contributed by atoms with Gasteiger partial charge in [-0.1, -0.05) is 42.5 Å². The van der Waals surface area contributed by atoms with E-state index < -0.39 is 0 Å². The topological polar surface area (TPSA) is 68.0 Å². The summed E-state index contributed by atoms with van der Waals surface area (Å²) in [7, 11) is 0. The summed E-state index contributed by atoms with van der Waals surface area (Å²) >= 11 is 0. The van der Waals surface area contributed by atoms with Crippen molar-refractivity contribution in [2.75, 3.05) is 5.32 Å². The van der Waals surface area contributed by atoms with Gasteiger partial charge in [0.05, 0.1) is 12.1 Å². The molecule has 4 nitrogen and oxygen atoms in total. The number of hydrogen-bond acceptors (Lipinski definition) is 3. The number of hydrogen-bond donors (Lipinski definition) is 2. The van der Waals surface area contributed by atoms with Gasteiger partial charge in [-0.25, -0.2) is 0 Å². The van der Waals surface area contributed by atoms with Crippen LogP contribution in [-0.2, 0) is 24.1 Å². The minimum Gasteiger partial charge on any atom is -0.369 e. The Bertz CT molecular complexity index is 940. The third kappa shape index (κ3) is 4.29. The first-order valence-corrected chi connectivity index (χ1v) is 8.91. The molecule has 1 aliphatic carbocycles. The molecule has 4 rings (SSSR count). The summed E-state index contributed by atoms with van der Waals surface area (Å²) in [6, 6.07) is 20.3. The second-order valence-corrected chi connectivity index (χ2v) is 6.66. The summed E-state index contributed by atoms with van der Waals surface area (Å²) in [5.74, 6) is -0.315. The molecule has 0 unspecified atom stereocenters. The van der Waals surface area contributed by atoms with Gasteiger partial charge in [-0.2, -0.15) is 0 Å². The number of pyridine rings is 1. The molecule has 0 spiro atoms. The van der Waals surface area contributed by atoms with Crippen molar-refractivity contribution < 1.29 is 4.79 Å². The molecule has 138 valence electrons. The van der Waals surface area contributed by atoms with Gasteiger partial charge in [-0.05, 0) is 48.6 Å². The highest BCUT2D eigenvalue weighted by molar-refractivity contribution is 5.85. The Morgan fingerprint density at radius 2 is 1.78 bits per heavy atom. The number of aryl methyl sites for hydroxylation is 1. The van der Waals surface area contributed by atoms with Gasteiger partial charge in [0, 0.05) is 22.6 Å². The smallest absolute Gasteiger partial charge is 0.221 e. The minimum atomic E-state index is -0.315. The maximum absolute atomic E-state index is 11.0. The Balaban J connectivity index is 0.00000210. The third-order valence-electron chi connectivity index (χ3n) is 4.73. The average Bonchev–Trinajstić information content (AvgIpc) is 3.12. The Kier molecular flexibility index (Phi) is 5.77. The van der Waals surface area contributed by atoms with Crippen molar-refractivity contribution in [2.45, 2.75) is 25.7 Å². The zero-order chi connectivity index (χ0) is 17.9. The van der Waals surface area contributed by atoms with Gasteiger partial charge in [0.15, 0.2) is 0 Å². The fourth-order valence-corrected chi connectivity index (χ4v) is 3.47. The van der Waals surface area contributed by atoms with Gasteiger partial charge < -0.3 is 11.1 Å². The standard InChI is InChI=1S/C22H21N3O.ClH/c23-22(26)13-15-9-11-17(12-10-15)24-21-14-20(16-5-2-1-3-6-16)25-19-8-4-7-18(19)21;/h1-3,5-6,9-12,14H,4,7-8,13H2,(H2,23,26)(H,24,25);1H. The highest BCUT2D eigenvalue weighted by Gasteiger charge is 2.18. The number of nitrogens with two attached hydrogens (primary N) is 1. The van der Waals surface area contributed by atoms with Crippen molar-refractivity contribution >= 4 is 29.7 Å². The number of carbonyl (C=O) groups is 1. The highest BCUT2D eigenvalue weighted by Crippen LogP contribution is 2.33. The molecule has 0 saturated heterocycles. The van der Waals surface area contributed by atoms with E-state index in [4.69, 9.17) is 10.7 Å². The van der Waals surface area contributed by atoms with Crippen molar-refractivity contribution in [2.24, 2.45) is 5.73 Å². The molecule has 2 aromatic carbocycles. The van der Waals surface area contributed by atoms with Crippen LogP contribution in [0.1, 0.15) is 23.2 Å². The minimum absolute atomic E-state index is 0. The van der Waals surface area contributed by atoms with Crippen LogP contribution in [0.15, 0.2) is 60.7 Å². The molecule has 0 bridgehead atoms. The monoisotopic (exact) mass is 379 g/mol. The highest BCUT2D eigenvalue weighted by atomic mass is 35.5. The van der Waals surface area contributed by atoms with Gasteiger partial charge >= 0.3 is 0 Å². The SMILES string of the molecule is Cl.NC(=O)Cc1ccc(Nc2cc(-c3ccccc3)nc3c2CCC3)cc1. The molecule has 1 aliphatic rings. The molecular formula is C22H22ClN3O. The van der Waals surface area contributed by atoms with Gasteiger partial charge in [-0.15, -0.1) is 12.4 Å². The average molecular weight is 380 g/mol. The molecule has 0 radical (unpaired) electrons. The lowest BCUT2D eigenvalue weighted by molar-refractivity contribution is -0.117. The lowest BCUT2D eigenvalue weighted by atomic mass is 10.1. The number of benzene rings is 2. The van der Waals surface area contributed by atoms with Crippen molar-refractivity contribution in [1.29, 1.82) is 0 Å². The maximum atomic E-state index is 11.0. The molecule has 3 aromatic rings. The predicted molar refractivity (Wildman–Crippen MR) is 112 cm³/mol. The molecule has 0 aliphatic heterocycles. The fraction of sp³-hybridized carbons (Fsp3) is 0.182. The maximum Gasteiger partial charge on any atom is 0.221 e. The predicted octanol–water partition coefficient (Wildman–Crippen LogP) is 4.43. The lowest BCUT2D eigenvalue weighted by Gasteiger charge is -2.14. The van der Waals surface area contributed by atoms with Crippen molar-refractivity contribution in [1.82, 2.24) is 4.98 Å². The zero-order valence-corrected chi connectivity index (χ0v) is 15.8. The normalized spacial score (nSPS) is 12.1. The van der Waals surface area contributed by atoms with Crippen LogP contribution in [-0.4, -0.2) is 10.9 Å². The molecule has 0 atom stereocenters. The Morgan fingerprint density at radius 3 is 2.48 bits per heavy atom. The molecule has 27 heavy (non-hydrogen) atoms. The number of nitrogens with zero attached hydrogens (tertiary/aromatic N) is 1. The van der Waals surface area contributed by atoms with E-state index in [9.17, 15) is 4.79 Å². The molecule has 0 saturated carbocycles. The second kappa shape index (κ2) is 8.23. The molecular weight excluding hydrogens is 358 g/mol. The van der Waals surface area contributed by atoms with Crippen LogP contribution in [0.4, 0.5) is 11.4 Å². The van der Waals surface area contributed by atoms with Gasteiger partial charge in [0.2, 0.25) is 5.91 Å². The molecule has 1 amide bonds. The molecule has 0 fully saturated rings. The summed E-state index contributed by atoms with van der Waals surface area (Å²) in [6.45, 7) is 0. The summed E-state index contributed by atoms with van der Waals surface area (Å²) in [5, 5.41) is 3.54. The summed E-state index contributed by atoms with van der Waals surface area (Å²) < 4.78 is 0. The molecule has 3 N–H and O–H groups in total. The number of amides is 1.